The fourth-order valence-electron chi connectivity index (χ4n) is 1.51. The average molecular weight is 261 g/mol. The average Bonchev–Trinajstić information content (AvgIpc) is 2.40. The zero-order valence-electron chi connectivity index (χ0n) is 12.1. The van der Waals surface area contributed by atoms with Gasteiger partial charge in [-0.1, -0.05) is 6.92 Å². The van der Waals surface area contributed by atoms with E-state index in [4.69, 9.17) is 14.2 Å². The lowest BCUT2D eigenvalue weighted by atomic mass is 10.0. The zero-order chi connectivity index (χ0) is 13.9. The minimum Gasteiger partial charge on any atom is -0.379 e. The van der Waals surface area contributed by atoms with Gasteiger partial charge in [0.25, 0.3) is 0 Å². The topological polar surface area (TPSA) is 56.8 Å². The minimum absolute atomic E-state index is 0.0193. The largest absolute Gasteiger partial charge is 0.379 e. The zero-order valence-corrected chi connectivity index (χ0v) is 12.1. The van der Waals surface area contributed by atoms with Crippen LogP contribution in [-0.2, 0) is 19.0 Å². The van der Waals surface area contributed by atoms with Crippen LogP contribution >= 0.6 is 0 Å². The Bertz CT molecular complexity index is 199. The van der Waals surface area contributed by atoms with Crippen molar-refractivity contribution in [3.63, 3.8) is 0 Å². The third kappa shape index (κ3) is 6.93. The molecule has 5 nitrogen and oxygen atoms in total. The molecule has 1 amide bonds. The molecule has 0 rings (SSSR count). The minimum atomic E-state index is -0.588. The van der Waals surface area contributed by atoms with Gasteiger partial charge in [-0.25, -0.2) is 0 Å². The number of ether oxygens (including phenoxy) is 3. The molecule has 108 valence electrons. The third-order valence-electron chi connectivity index (χ3n) is 2.47. The molecule has 0 aliphatic carbocycles. The summed E-state index contributed by atoms with van der Waals surface area (Å²) in [4.78, 5) is 11.6. The number of rotatable bonds is 11. The predicted molar refractivity (Wildman–Crippen MR) is 70.6 cm³/mol. The van der Waals surface area contributed by atoms with E-state index in [9.17, 15) is 4.79 Å². The van der Waals surface area contributed by atoms with Crippen molar-refractivity contribution < 1.29 is 19.0 Å². The highest BCUT2D eigenvalue weighted by Crippen LogP contribution is 2.09. The SMILES string of the molecule is CCOCC(COCC)(COCC)NC(=O)CC. The number of carbonyl (C=O) groups is 1. The Hall–Kier alpha value is -0.650. The van der Waals surface area contributed by atoms with E-state index in [1.165, 1.54) is 0 Å². The van der Waals surface area contributed by atoms with Crippen molar-refractivity contribution in [2.24, 2.45) is 0 Å². The van der Waals surface area contributed by atoms with Gasteiger partial charge in [0, 0.05) is 26.2 Å². The van der Waals surface area contributed by atoms with Crippen molar-refractivity contribution in [2.45, 2.75) is 39.7 Å². The van der Waals surface area contributed by atoms with Crippen molar-refractivity contribution in [3.8, 4) is 0 Å². The fraction of sp³-hybridized carbons (Fsp3) is 0.923. The smallest absolute Gasteiger partial charge is 0.220 e. The number of amides is 1. The molecule has 0 aliphatic heterocycles. The molecule has 5 heteroatoms. The van der Waals surface area contributed by atoms with Crippen molar-refractivity contribution >= 4 is 5.91 Å². The second kappa shape index (κ2) is 10.3. The highest BCUT2D eigenvalue weighted by molar-refractivity contribution is 5.76. The van der Waals surface area contributed by atoms with Gasteiger partial charge in [-0.3, -0.25) is 4.79 Å². The monoisotopic (exact) mass is 261 g/mol. The van der Waals surface area contributed by atoms with E-state index in [-0.39, 0.29) is 5.91 Å². The first-order chi connectivity index (χ1) is 8.64. The van der Waals surface area contributed by atoms with Crippen LogP contribution in [0, 0.1) is 0 Å². The second-order valence-corrected chi connectivity index (χ2v) is 4.09. The van der Waals surface area contributed by atoms with Crippen LogP contribution in [0.25, 0.3) is 0 Å². The summed E-state index contributed by atoms with van der Waals surface area (Å²) >= 11 is 0. The molecular formula is C13H27NO4. The van der Waals surface area contributed by atoms with Gasteiger partial charge >= 0.3 is 0 Å². The molecule has 0 heterocycles. The Morgan fingerprint density at radius 2 is 1.28 bits per heavy atom. The molecule has 0 bridgehead atoms. The molecule has 0 atom stereocenters. The standard InChI is InChI=1S/C13H27NO4/c1-5-12(15)14-13(9-16-6-2,10-17-7-3)11-18-8-4/h5-11H2,1-4H3,(H,14,15). The van der Waals surface area contributed by atoms with E-state index in [1.807, 2.05) is 27.7 Å². The fourth-order valence-corrected chi connectivity index (χ4v) is 1.51. The molecule has 0 fully saturated rings. The second-order valence-electron chi connectivity index (χ2n) is 4.09. The third-order valence-corrected chi connectivity index (χ3v) is 2.47. The molecule has 0 aromatic rings. The molecule has 0 radical (unpaired) electrons. The van der Waals surface area contributed by atoms with Crippen LogP contribution in [0.3, 0.4) is 0 Å². The van der Waals surface area contributed by atoms with E-state index >= 15 is 0 Å². The van der Waals surface area contributed by atoms with Crippen LogP contribution in [0.4, 0.5) is 0 Å². The van der Waals surface area contributed by atoms with Gasteiger partial charge in [0.1, 0.15) is 5.54 Å². The van der Waals surface area contributed by atoms with Crippen molar-refractivity contribution in [1.29, 1.82) is 0 Å². The Balaban J connectivity index is 4.66. The number of carbonyl (C=O) groups excluding carboxylic acids is 1. The first-order valence-corrected chi connectivity index (χ1v) is 6.68. The van der Waals surface area contributed by atoms with Crippen molar-refractivity contribution in [1.82, 2.24) is 5.32 Å². The van der Waals surface area contributed by atoms with E-state index in [0.717, 1.165) is 0 Å². The molecule has 0 saturated heterocycles. The van der Waals surface area contributed by atoms with Gasteiger partial charge in [0.05, 0.1) is 19.8 Å². The van der Waals surface area contributed by atoms with Crippen LogP contribution in [0.2, 0.25) is 0 Å². The summed E-state index contributed by atoms with van der Waals surface area (Å²) in [5, 5.41) is 2.97. The maximum Gasteiger partial charge on any atom is 0.220 e. The number of hydrogen-bond donors (Lipinski definition) is 1. The number of nitrogens with one attached hydrogen (secondary N) is 1. The molecule has 0 aromatic heterocycles. The summed E-state index contributed by atoms with van der Waals surface area (Å²) < 4.78 is 16.4. The normalized spacial score (nSPS) is 11.6. The Labute approximate surface area is 110 Å². The van der Waals surface area contributed by atoms with Gasteiger partial charge in [0.15, 0.2) is 0 Å². The molecule has 1 N–H and O–H groups in total. The Morgan fingerprint density at radius 3 is 1.56 bits per heavy atom. The molecular weight excluding hydrogens is 234 g/mol. The summed E-state index contributed by atoms with van der Waals surface area (Å²) in [6.07, 6.45) is 0.437. The van der Waals surface area contributed by atoms with Gasteiger partial charge in [-0.05, 0) is 20.8 Å². The predicted octanol–water partition coefficient (Wildman–Crippen LogP) is 1.36. The molecule has 0 saturated carbocycles. The van der Waals surface area contributed by atoms with E-state index in [0.29, 0.717) is 46.1 Å². The van der Waals surface area contributed by atoms with E-state index in [1.54, 1.807) is 0 Å². The first kappa shape index (κ1) is 17.4. The van der Waals surface area contributed by atoms with Crippen LogP contribution in [0.1, 0.15) is 34.1 Å². The quantitative estimate of drug-likeness (QED) is 0.610. The molecule has 0 aliphatic rings. The first-order valence-electron chi connectivity index (χ1n) is 6.68. The van der Waals surface area contributed by atoms with Gasteiger partial charge in [0.2, 0.25) is 5.91 Å². The number of hydrogen-bond acceptors (Lipinski definition) is 4. The Morgan fingerprint density at radius 1 is 0.889 bits per heavy atom. The lowest BCUT2D eigenvalue weighted by Crippen LogP contribution is -2.58. The van der Waals surface area contributed by atoms with Crippen LogP contribution in [-0.4, -0.2) is 51.1 Å². The summed E-state index contributed by atoms with van der Waals surface area (Å²) in [5.74, 6) is -0.0193. The van der Waals surface area contributed by atoms with E-state index in [2.05, 4.69) is 5.32 Å². The highest BCUT2D eigenvalue weighted by atomic mass is 16.5. The molecule has 0 aromatic carbocycles. The maximum absolute atomic E-state index is 11.6. The molecule has 0 spiro atoms. The summed E-state index contributed by atoms with van der Waals surface area (Å²) in [5.41, 5.74) is -0.588. The van der Waals surface area contributed by atoms with Crippen LogP contribution in [0.15, 0.2) is 0 Å². The highest BCUT2D eigenvalue weighted by Gasteiger charge is 2.32. The summed E-state index contributed by atoms with van der Waals surface area (Å²) in [6, 6.07) is 0. The van der Waals surface area contributed by atoms with Crippen molar-refractivity contribution in [2.75, 3.05) is 39.6 Å². The molecule has 18 heavy (non-hydrogen) atoms. The molecule has 0 unspecified atom stereocenters. The Kier molecular flexibility index (Phi) is 9.92. The van der Waals surface area contributed by atoms with Gasteiger partial charge in [-0.15, -0.1) is 0 Å². The van der Waals surface area contributed by atoms with Crippen molar-refractivity contribution in [3.05, 3.63) is 0 Å². The lowest BCUT2D eigenvalue weighted by Gasteiger charge is -2.33. The van der Waals surface area contributed by atoms with E-state index < -0.39 is 5.54 Å². The van der Waals surface area contributed by atoms with Gasteiger partial charge in [-0.2, -0.15) is 0 Å². The summed E-state index contributed by atoms with van der Waals surface area (Å²) in [7, 11) is 0. The summed E-state index contributed by atoms with van der Waals surface area (Å²) in [6.45, 7) is 10.6. The van der Waals surface area contributed by atoms with Crippen LogP contribution in [0.5, 0.6) is 0 Å². The maximum atomic E-state index is 11.6. The van der Waals surface area contributed by atoms with Gasteiger partial charge < -0.3 is 19.5 Å². The lowest BCUT2D eigenvalue weighted by molar-refractivity contribution is -0.127. The van der Waals surface area contributed by atoms with Crippen LogP contribution < -0.4 is 5.32 Å².